The van der Waals surface area contributed by atoms with Gasteiger partial charge in [-0.15, -0.1) is 0 Å². The van der Waals surface area contributed by atoms with Crippen LogP contribution in [0.25, 0.3) is 0 Å². The van der Waals surface area contributed by atoms with E-state index in [1.807, 2.05) is 12.1 Å². The Labute approximate surface area is 66.5 Å². The van der Waals surface area contributed by atoms with Gasteiger partial charge in [0.1, 0.15) is 0 Å². The predicted molar refractivity (Wildman–Crippen MR) is 42.3 cm³/mol. The zero-order chi connectivity index (χ0) is 7.84. The van der Waals surface area contributed by atoms with E-state index >= 15 is 0 Å². The van der Waals surface area contributed by atoms with E-state index < -0.39 is 10.9 Å². The first-order chi connectivity index (χ1) is 5.29. The highest BCUT2D eigenvalue weighted by molar-refractivity contribution is 7.85. The van der Waals surface area contributed by atoms with E-state index in [0.717, 1.165) is 4.90 Å². The summed E-state index contributed by atoms with van der Waals surface area (Å²) in [6, 6.07) is 7.20. The Morgan fingerprint density at radius 1 is 1.36 bits per heavy atom. The fourth-order valence-corrected chi connectivity index (χ4v) is 2.04. The van der Waals surface area contributed by atoms with Crippen molar-refractivity contribution in [2.75, 3.05) is 0 Å². The minimum absolute atomic E-state index is 0.126. The molecular formula is C7H6N2OS. The van der Waals surface area contributed by atoms with Crippen LogP contribution in [0.5, 0.6) is 0 Å². The third kappa shape index (κ3) is 0.867. The number of benzene rings is 1. The number of hydrogen-bond acceptors (Lipinski definition) is 2. The molecule has 1 aliphatic heterocycles. The molecule has 1 aromatic rings. The zero-order valence-corrected chi connectivity index (χ0v) is 6.44. The highest BCUT2D eigenvalue weighted by Crippen LogP contribution is 2.18. The maximum Gasteiger partial charge on any atom is 0.263 e. The monoisotopic (exact) mass is 166 g/mol. The molecule has 1 aromatic carbocycles. The van der Waals surface area contributed by atoms with Gasteiger partial charge in [-0.3, -0.25) is 14.3 Å². The summed E-state index contributed by atoms with van der Waals surface area (Å²) in [7, 11) is -0.827. The first-order valence-electron chi connectivity index (χ1n) is 3.14. The Hall–Kier alpha value is -1.16. The van der Waals surface area contributed by atoms with Crippen LogP contribution in [0.4, 0.5) is 0 Å². The topological polar surface area (TPSA) is 53.0 Å². The van der Waals surface area contributed by atoms with Gasteiger partial charge in [-0.1, -0.05) is 12.1 Å². The Balaban J connectivity index is 2.69. The molecule has 11 heavy (non-hydrogen) atoms. The molecule has 2 N–H and O–H groups in total. The van der Waals surface area contributed by atoms with Gasteiger partial charge in [0.05, 0.1) is 10.5 Å². The van der Waals surface area contributed by atoms with Crippen molar-refractivity contribution in [3.63, 3.8) is 0 Å². The van der Waals surface area contributed by atoms with Gasteiger partial charge >= 0.3 is 0 Å². The average Bonchev–Trinajstić information content (AvgIpc) is 2.30. The first-order valence-corrected chi connectivity index (χ1v) is 4.37. The molecular weight excluding hydrogens is 160 g/mol. The first kappa shape index (κ1) is 6.54. The lowest BCUT2D eigenvalue weighted by Crippen LogP contribution is -2.14. The minimum atomic E-state index is -0.827. The number of carbonyl (C=O) groups is 1. The van der Waals surface area contributed by atoms with Gasteiger partial charge in [-0.05, 0) is 12.1 Å². The lowest BCUT2D eigenvalue weighted by molar-refractivity contribution is 0.0986. The fraction of sp³-hybridized carbons (Fsp3) is 0. The average molecular weight is 166 g/mol. The zero-order valence-electron chi connectivity index (χ0n) is 5.63. The van der Waals surface area contributed by atoms with Gasteiger partial charge < -0.3 is 0 Å². The van der Waals surface area contributed by atoms with Crippen molar-refractivity contribution in [2.24, 2.45) is 0 Å². The molecule has 0 fully saturated rings. The Morgan fingerprint density at radius 2 is 2.09 bits per heavy atom. The Kier molecular flexibility index (Phi) is 1.29. The molecule has 2 rings (SSSR count). The molecule has 1 amide bonds. The van der Waals surface area contributed by atoms with Crippen LogP contribution in [0.1, 0.15) is 10.4 Å². The van der Waals surface area contributed by atoms with Crippen LogP contribution in [0.15, 0.2) is 29.2 Å². The number of carbonyl (C=O) groups excluding carboxylic acids is 1. The molecule has 0 saturated heterocycles. The molecule has 1 unspecified atom stereocenters. The van der Waals surface area contributed by atoms with Crippen LogP contribution in [0.2, 0.25) is 0 Å². The lowest BCUT2D eigenvalue weighted by atomic mass is 10.2. The second-order valence-electron chi connectivity index (χ2n) is 2.23. The third-order valence-corrected chi connectivity index (χ3v) is 2.73. The molecule has 0 saturated carbocycles. The van der Waals surface area contributed by atoms with Gasteiger partial charge in [-0.25, -0.2) is 0 Å². The number of hydrogen-bond donors (Lipinski definition) is 2. The summed E-state index contributed by atoms with van der Waals surface area (Å²) in [6.45, 7) is 0. The lowest BCUT2D eigenvalue weighted by Gasteiger charge is -1.92. The van der Waals surface area contributed by atoms with Crippen LogP contribution in [-0.2, 0) is 10.9 Å². The van der Waals surface area contributed by atoms with Crippen LogP contribution >= 0.6 is 0 Å². The van der Waals surface area contributed by atoms with Gasteiger partial charge in [0, 0.05) is 10.9 Å². The SMILES string of the molecule is N=S1NC(=O)c2ccccc21. The maximum absolute atomic E-state index is 11.1. The van der Waals surface area contributed by atoms with Gasteiger partial charge in [0.2, 0.25) is 0 Å². The Morgan fingerprint density at radius 3 is 2.82 bits per heavy atom. The summed E-state index contributed by atoms with van der Waals surface area (Å²) < 4.78 is 9.98. The van der Waals surface area contributed by atoms with Crippen molar-refractivity contribution in [2.45, 2.75) is 4.90 Å². The summed E-state index contributed by atoms with van der Waals surface area (Å²) in [6.07, 6.45) is 0. The number of nitrogens with one attached hydrogen (secondary N) is 2. The van der Waals surface area contributed by atoms with Crippen LogP contribution in [0, 0.1) is 4.78 Å². The van der Waals surface area contributed by atoms with E-state index in [4.69, 9.17) is 4.78 Å². The van der Waals surface area contributed by atoms with E-state index in [1.165, 1.54) is 0 Å². The molecule has 0 aliphatic carbocycles. The summed E-state index contributed by atoms with van der Waals surface area (Å²) in [4.78, 5) is 11.9. The van der Waals surface area contributed by atoms with E-state index in [0.29, 0.717) is 5.56 Å². The molecule has 56 valence electrons. The maximum atomic E-state index is 11.1. The Bertz CT molecular complexity index is 315. The second kappa shape index (κ2) is 2.17. The molecule has 0 aromatic heterocycles. The highest BCUT2D eigenvalue weighted by Gasteiger charge is 2.21. The van der Waals surface area contributed by atoms with E-state index in [1.54, 1.807) is 12.1 Å². The summed E-state index contributed by atoms with van der Waals surface area (Å²) in [5.74, 6) is -0.126. The molecule has 0 bridgehead atoms. The van der Waals surface area contributed by atoms with Crippen LogP contribution < -0.4 is 4.72 Å². The van der Waals surface area contributed by atoms with Gasteiger partial charge in [0.25, 0.3) is 5.91 Å². The number of fused-ring (bicyclic) bond motifs is 1. The van der Waals surface area contributed by atoms with Crippen molar-refractivity contribution in [1.82, 2.24) is 4.72 Å². The van der Waals surface area contributed by atoms with Gasteiger partial charge in [0.15, 0.2) is 0 Å². The van der Waals surface area contributed by atoms with E-state index in [2.05, 4.69) is 4.72 Å². The quantitative estimate of drug-likeness (QED) is 0.595. The molecule has 4 heteroatoms. The third-order valence-electron chi connectivity index (χ3n) is 1.55. The molecule has 1 aliphatic rings. The fourth-order valence-electron chi connectivity index (χ4n) is 1.03. The summed E-state index contributed by atoms with van der Waals surface area (Å²) in [5.41, 5.74) is 0.644. The molecule has 3 nitrogen and oxygen atoms in total. The normalized spacial score (nSPS) is 21.1. The van der Waals surface area contributed by atoms with Crippen molar-refractivity contribution in [1.29, 1.82) is 4.78 Å². The standard InChI is InChI=1S/C7H6N2OS/c8-11-6-4-2-1-3-5(6)7(10)9-11/h1-4H,(H2,8,9,10). The van der Waals surface area contributed by atoms with E-state index in [-0.39, 0.29) is 5.91 Å². The summed E-state index contributed by atoms with van der Waals surface area (Å²) in [5, 5.41) is 0. The molecule has 0 radical (unpaired) electrons. The van der Waals surface area contributed by atoms with Crippen LogP contribution in [0.3, 0.4) is 0 Å². The second-order valence-corrected chi connectivity index (χ2v) is 3.49. The van der Waals surface area contributed by atoms with Crippen molar-refractivity contribution in [3.8, 4) is 0 Å². The predicted octanol–water partition coefficient (Wildman–Crippen LogP) is 1.08. The molecule has 0 spiro atoms. The van der Waals surface area contributed by atoms with Crippen molar-refractivity contribution >= 4 is 16.8 Å². The van der Waals surface area contributed by atoms with Crippen molar-refractivity contribution in [3.05, 3.63) is 29.8 Å². The van der Waals surface area contributed by atoms with Crippen LogP contribution in [-0.4, -0.2) is 5.91 Å². The van der Waals surface area contributed by atoms with E-state index in [9.17, 15) is 4.79 Å². The molecule has 1 atom stereocenters. The van der Waals surface area contributed by atoms with Gasteiger partial charge in [-0.2, -0.15) is 0 Å². The molecule has 1 heterocycles. The number of rotatable bonds is 0. The number of amides is 1. The minimum Gasteiger partial charge on any atom is -0.284 e. The van der Waals surface area contributed by atoms with Crippen molar-refractivity contribution < 1.29 is 4.79 Å². The smallest absolute Gasteiger partial charge is 0.263 e. The largest absolute Gasteiger partial charge is 0.284 e. The highest BCUT2D eigenvalue weighted by atomic mass is 32.2. The summed E-state index contributed by atoms with van der Waals surface area (Å²) >= 11 is 0.